The molecule has 0 saturated heterocycles. The molecular formula is C31H46. The van der Waals surface area contributed by atoms with Crippen LogP contribution < -0.4 is 0 Å². The maximum atomic E-state index is 2.59. The zero-order valence-corrected chi connectivity index (χ0v) is 21.2. The average Bonchev–Trinajstić information content (AvgIpc) is 3.03. The summed E-state index contributed by atoms with van der Waals surface area (Å²) in [6, 6.07) is 14.8. The Kier molecular flexibility index (Phi) is 8.43. The van der Waals surface area contributed by atoms with Crippen LogP contribution in [0.2, 0.25) is 0 Å². The summed E-state index contributed by atoms with van der Waals surface area (Å²) in [5, 5.41) is 0. The standard InChI is InChI=1S/C31H46/c1-7-9-11-13-19-31(20-14-12-10-8-2)29-21-25(23(3)4)15-17-27(29)28-18-16-26(24(5)6)22-30(28)31/h15-18,21-24H,7-14,19-20H2,1-6H3. The Morgan fingerprint density at radius 2 is 1.00 bits per heavy atom. The van der Waals surface area contributed by atoms with E-state index in [0.29, 0.717) is 11.8 Å². The van der Waals surface area contributed by atoms with Crippen molar-refractivity contribution in [3.8, 4) is 11.1 Å². The first kappa shape index (κ1) is 24.1. The summed E-state index contributed by atoms with van der Waals surface area (Å²) in [7, 11) is 0. The van der Waals surface area contributed by atoms with E-state index in [-0.39, 0.29) is 5.41 Å². The highest BCUT2D eigenvalue weighted by Gasteiger charge is 2.42. The Morgan fingerprint density at radius 1 is 0.581 bits per heavy atom. The minimum atomic E-state index is 0.210. The van der Waals surface area contributed by atoms with Gasteiger partial charge in [-0.2, -0.15) is 0 Å². The third-order valence-corrected chi connectivity index (χ3v) is 7.66. The second kappa shape index (κ2) is 10.8. The van der Waals surface area contributed by atoms with Gasteiger partial charge in [0.1, 0.15) is 0 Å². The number of unbranched alkanes of at least 4 members (excludes halogenated alkanes) is 6. The highest BCUT2D eigenvalue weighted by Crippen LogP contribution is 2.55. The number of rotatable bonds is 12. The Morgan fingerprint density at radius 3 is 1.35 bits per heavy atom. The highest BCUT2D eigenvalue weighted by molar-refractivity contribution is 5.82. The summed E-state index contributed by atoms with van der Waals surface area (Å²) < 4.78 is 0. The van der Waals surface area contributed by atoms with Gasteiger partial charge in [-0.3, -0.25) is 0 Å². The molecule has 0 spiro atoms. The molecule has 170 valence electrons. The van der Waals surface area contributed by atoms with Crippen LogP contribution >= 0.6 is 0 Å². The van der Waals surface area contributed by atoms with Gasteiger partial charge < -0.3 is 0 Å². The Bertz CT molecular complexity index is 768. The molecule has 0 saturated carbocycles. The maximum absolute atomic E-state index is 2.59. The first-order valence-electron chi connectivity index (χ1n) is 13.2. The molecular weight excluding hydrogens is 372 g/mol. The van der Waals surface area contributed by atoms with Crippen LogP contribution in [-0.4, -0.2) is 0 Å². The van der Waals surface area contributed by atoms with Crippen molar-refractivity contribution in [3.05, 3.63) is 58.7 Å². The minimum absolute atomic E-state index is 0.210. The summed E-state index contributed by atoms with van der Waals surface area (Å²) in [6.07, 6.45) is 13.4. The molecule has 1 aliphatic rings. The molecule has 2 aromatic carbocycles. The van der Waals surface area contributed by atoms with Crippen molar-refractivity contribution in [1.29, 1.82) is 0 Å². The summed E-state index contributed by atoms with van der Waals surface area (Å²) >= 11 is 0. The predicted molar refractivity (Wildman–Crippen MR) is 138 cm³/mol. The topological polar surface area (TPSA) is 0 Å². The third-order valence-electron chi connectivity index (χ3n) is 7.66. The zero-order chi connectivity index (χ0) is 22.4. The zero-order valence-electron chi connectivity index (χ0n) is 21.2. The lowest BCUT2D eigenvalue weighted by Crippen LogP contribution is -2.26. The van der Waals surface area contributed by atoms with E-state index in [1.807, 2.05) is 0 Å². The van der Waals surface area contributed by atoms with Crippen LogP contribution in [0.25, 0.3) is 11.1 Å². The second-order valence-electron chi connectivity index (χ2n) is 10.6. The van der Waals surface area contributed by atoms with Gasteiger partial charge in [-0.1, -0.05) is 129 Å². The molecule has 0 nitrogen and oxygen atoms in total. The lowest BCUT2D eigenvalue weighted by molar-refractivity contribution is 0.400. The first-order chi connectivity index (χ1) is 14.9. The number of hydrogen-bond acceptors (Lipinski definition) is 0. The number of fused-ring (bicyclic) bond motifs is 3. The van der Waals surface area contributed by atoms with E-state index in [9.17, 15) is 0 Å². The van der Waals surface area contributed by atoms with E-state index < -0.39 is 0 Å². The summed E-state index contributed by atoms with van der Waals surface area (Å²) in [5.74, 6) is 1.16. The third kappa shape index (κ3) is 5.10. The summed E-state index contributed by atoms with van der Waals surface area (Å²) in [5.41, 5.74) is 9.53. The molecule has 2 aromatic rings. The van der Waals surface area contributed by atoms with E-state index in [4.69, 9.17) is 0 Å². The van der Waals surface area contributed by atoms with Gasteiger partial charge in [0, 0.05) is 5.41 Å². The second-order valence-corrected chi connectivity index (χ2v) is 10.6. The van der Waals surface area contributed by atoms with E-state index in [2.05, 4.69) is 77.9 Å². The largest absolute Gasteiger partial charge is 0.0654 e. The van der Waals surface area contributed by atoms with E-state index >= 15 is 0 Å². The fourth-order valence-corrected chi connectivity index (χ4v) is 5.62. The molecule has 0 aliphatic heterocycles. The van der Waals surface area contributed by atoms with Crippen LogP contribution in [0.4, 0.5) is 0 Å². The molecule has 0 amide bonds. The van der Waals surface area contributed by atoms with Crippen LogP contribution in [0.5, 0.6) is 0 Å². The highest BCUT2D eigenvalue weighted by atomic mass is 14.5. The van der Waals surface area contributed by atoms with E-state index in [0.717, 1.165) is 0 Å². The van der Waals surface area contributed by atoms with Crippen LogP contribution in [0.3, 0.4) is 0 Å². The Balaban J connectivity index is 2.12. The Labute approximate surface area is 192 Å². The van der Waals surface area contributed by atoms with Gasteiger partial charge >= 0.3 is 0 Å². The number of hydrogen-bond donors (Lipinski definition) is 0. The molecule has 0 atom stereocenters. The molecule has 0 aromatic heterocycles. The smallest absolute Gasteiger partial charge is 0.0215 e. The van der Waals surface area contributed by atoms with E-state index in [1.165, 1.54) is 86.5 Å². The van der Waals surface area contributed by atoms with E-state index in [1.54, 1.807) is 11.1 Å². The van der Waals surface area contributed by atoms with Crippen molar-refractivity contribution >= 4 is 0 Å². The average molecular weight is 419 g/mol. The fourth-order valence-electron chi connectivity index (χ4n) is 5.62. The molecule has 1 aliphatic carbocycles. The molecule has 0 unspecified atom stereocenters. The van der Waals surface area contributed by atoms with Gasteiger partial charge in [0.2, 0.25) is 0 Å². The lowest BCUT2D eigenvalue weighted by Gasteiger charge is -2.34. The molecule has 0 heteroatoms. The van der Waals surface area contributed by atoms with Gasteiger partial charge in [0.15, 0.2) is 0 Å². The monoisotopic (exact) mass is 418 g/mol. The van der Waals surface area contributed by atoms with Gasteiger partial charge in [-0.05, 0) is 58.1 Å². The van der Waals surface area contributed by atoms with Gasteiger partial charge in [0.05, 0.1) is 0 Å². The quantitative estimate of drug-likeness (QED) is 0.301. The molecule has 3 rings (SSSR count). The minimum Gasteiger partial charge on any atom is -0.0654 e. The molecule has 31 heavy (non-hydrogen) atoms. The van der Waals surface area contributed by atoms with Crippen molar-refractivity contribution in [2.75, 3.05) is 0 Å². The normalized spacial score (nSPS) is 14.3. The summed E-state index contributed by atoms with van der Waals surface area (Å²) in [4.78, 5) is 0. The van der Waals surface area contributed by atoms with Crippen LogP contribution in [0.1, 0.15) is 140 Å². The molecule has 0 radical (unpaired) electrons. The van der Waals surface area contributed by atoms with Gasteiger partial charge in [-0.25, -0.2) is 0 Å². The van der Waals surface area contributed by atoms with Crippen LogP contribution in [0.15, 0.2) is 36.4 Å². The van der Waals surface area contributed by atoms with Gasteiger partial charge in [0.25, 0.3) is 0 Å². The summed E-state index contributed by atoms with van der Waals surface area (Å²) in [6.45, 7) is 14.0. The predicted octanol–water partition coefficient (Wildman–Crippen LogP) is 10.1. The maximum Gasteiger partial charge on any atom is 0.0215 e. The van der Waals surface area contributed by atoms with Crippen LogP contribution in [0, 0.1) is 0 Å². The van der Waals surface area contributed by atoms with Crippen molar-refractivity contribution in [1.82, 2.24) is 0 Å². The van der Waals surface area contributed by atoms with Crippen molar-refractivity contribution in [2.45, 2.75) is 123 Å². The van der Waals surface area contributed by atoms with Gasteiger partial charge in [-0.15, -0.1) is 0 Å². The van der Waals surface area contributed by atoms with Crippen LogP contribution in [-0.2, 0) is 5.41 Å². The van der Waals surface area contributed by atoms with Crippen molar-refractivity contribution in [2.24, 2.45) is 0 Å². The molecule has 0 fully saturated rings. The fraction of sp³-hybridized carbons (Fsp3) is 0.613. The van der Waals surface area contributed by atoms with Crippen molar-refractivity contribution in [3.63, 3.8) is 0 Å². The SMILES string of the molecule is CCCCCCC1(CCCCCC)c2cc(C(C)C)ccc2-c2ccc(C(C)C)cc21. The van der Waals surface area contributed by atoms with Crippen molar-refractivity contribution < 1.29 is 0 Å². The lowest BCUT2D eigenvalue weighted by atomic mass is 9.69. The molecule has 0 N–H and O–H groups in total. The number of benzene rings is 2. The first-order valence-corrected chi connectivity index (χ1v) is 13.2. The molecule has 0 bridgehead atoms. The molecule has 0 heterocycles. The Hall–Kier alpha value is -1.56.